The summed E-state index contributed by atoms with van der Waals surface area (Å²) in [6.45, 7) is 0.908. The minimum atomic E-state index is -0.0965. The number of hydrogen-bond acceptors (Lipinski definition) is 1. The topological polar surface area (TPSA) is 29.1 Å². The Kier molecular flexibility index (Phi) is 2.35. The third-order valence-corrected chi connectivity index (χ3v) is 6.16. The van der Waals surface area contributed by atoms with Crippen LogP contribution in [0.2, 0.25) is 0 Å². The number of halogens is 1. The maximum absolute atomic E-state index is 12.6. The highest BCUT2D eigenvalue weighted by Gasteiger charge is 2.60. The molecule has 5 aliphatic carbocycles. The van der Waals surface area contributed by atoms with Crippen molar-refractivity contribution in [1.29, 1.82) is 0 Å². The first-order valence-electron chi connectivity index (χ1n) is 7.54. The lowest BCUT2D eigenvalue weighted by molar-refractivity contribution is -0.144. The molecule has 4 bridgehead atoms. The first-order chi connectivity index (χ1) is 8.57. The highest BCUT2D eigenvalue weighted by Crippen LogP contribution is 2.63. The molecule has 0 aliphatic heterocycles. The smallest absolute Gasteiger partial charge is 0.226 e. The molecule has 0 aromatic carbocycles. The van der Waals surface area contributed by atoms with Gasteiger partial charge in [-0.3, -0.25) is 4.79 Å². The monoisotopic (exact) mass is 267 g/mol. The van der Waals surface area contributed by atoms with Gasteiger partial charge in [-0.1, -0.05) is 0 Å². The van der Waals surface area contributed by atoms with E-state index in [0.29, 0.717) is 5.91 Å². The quantitative estimate of drug-likeness (QED) is 0.783. The van der Waals surface area contributed by atoms with Gasteiger partial charge >= 0.3 is 0 Å². The molecule has 5 rings (SSSR count). The van der Waals surface area contributed by atoms with Crippen molar-refractivity contribution in [3.8, 4) is 0 Å². The molecular weight excluding hydrogens is 246 g/mol. The van der Waals surface area contributed by atoms with Crippen LogP contribution in [-0.2, 0) is 4.79 Å². The zero-order chi connectivity index (χ0) is 12.4. The Morgan fingerprint density at radius 1 is 1.17 bits per heavy atom. The average molecular weight is 268 g/mol. The summed E-state index contributed by atoms with van der Waals surface area (Å²) >= 11 is 6.76. The molecule has 100 valence electrons. The van der Waals surface area contributed by atoms with Gasteiger partial charge in [-0.15, -0.1) is 11.6 Å². The van der Waals surface area contributed by atoms with Crippen LogP contribution >= 0.6 is 11.6 Å². The van der Waals surface area contributed by atoms with E-state index >= 15 is 0 Å². The van der Waals surface area contributed by atoms with Crippen LogP contribution in [0.5, 0.6) is 0 Å². The Labute approximate surface area is 114 Å². The van der Waals surface area contributed by atoms with E-state index in [1.807, 2.05) is 0 Å². The van der Waals surface area contributed by atoms with Gasteiger partial charge < -0.3 is 5.32 Å². The van der Waals surface area contributed by atoms with E-state index in [-0.39, 0.29) is 10.3 Å². The van der Waals surface area contributed by atoms with Crippen molar-refractivity contribution in [3.63, 3.8) is 0 Å². The lowest BCUT2D eigenvalue weighted by Crippen LogP contribution is -2.58. The number of nitrogens with one attached hydrogen (secondary N) is 1. The van der Waals surface area contributed by atoms with Gasteiger partial charge in [0, 0.05) is 11.4 Å². The fourth-order valence-corrected chi connectivity index (χ4v) is 5.86. The molecule has 5 fully saturated rings. The summed E-state index contributed by atoms with van der Waals surface area (Å²) in [4.78, 5) is 12.6. The Morgan fingerprint density at radius 2 is 1.83 bits per heavy atom. The minimum absolute atomic E-state index is 0.0407. The fourth-order valence-electron chi connectivity index (χ4n) is 5.16. The summed E-state index contributed by atoms with van der Waals surface area (Å²) in [5.74, 6) is 2.53. The molecule has 0 unspecified atom stereocenters. The fraction of sp³-hybridized carbons (Fsp3) is 0.933. The lowest BCUT2D eigenvalue weighted by atomic mass is 9.49. The van der Waals surface area contributed by atoms with E-state index < -0.39 is 0 Å². The molecule has 0 spiro atoms. The number of rotatable bonds is 3. The van der Waals surface area contributed by atoms with Crippen LogP contribution in [0.25, 0.3) is 0 Å². The van der Waals surface area contributed by atoms with Crippen molar-refractivity contribution >= 4 is 17.5 Å². The second-order valence-corrected chi connectivity index (χ2v) is 8.35. The molecule has 0 saturated heterocycles. The summed E-state index contributed by atoms with van der Waals surface area (Å²) in [7, 11) is 0. The van der Waals surface area contributed by atoms with Crippen molar-refractivity contribution < 1.29 is 4.79 Å². The average Bonchev–Trinajstić information content (AvgIpc) is 3.05. The lowest BCUT2D eigenvalue weighted by Gasteiger charge is -2.59. The molecule has 2 atom stereocenters. The van der Waals surface area contributed by atoms with Gasteiger partial charge in [-0.25, -0.2) is 0 Å². The Hall–Kier alpha value is -0.240. The summed E-state index contributed by atoms with van der Waals surface area (Å²) in [6, 6.07) is 0. The molecule has 2 nitrogen and oxygen atoms in total. The van der Waals surface area contributed by atoms with E-state index in [1.54, 1.807) is 0 Å². The number of amides is 1. The van der Waals surface area contributed by atoms with E-state index in [9.17, 15) is 4.79 Å². The second-order valence-electron chi connectivity index (χ2n) is 7.55. The van der Waals surface area contributed by atoms with Gasteiger partial charge in [-0.05, 0) is 69.1 Å². The van der Waals surface area contributed by atoms with Gasteiger partial charge in [0.15, 0.2) is 0 Å². The molecular formula is C15H22ClNO. The normalized spacial score (nSPS) is 49.4. The molecule has 1 N–H and O–H groups in total. The minimum Gasteiger partial charge on any atom is -0.355 e. The van der Waals surface area contributed by atoms with Crippen LogP contribution in [0, 0.1) is 23.2 Å². The Morgan fingerprint density at radius 3 is 2.39 bits per heavy atom. The van der Waals surface area contributed by atoms with Crippen LogP contribution < -0.4 is 5.32 Å². The maximum Gasteiger partial charge on any atom is 0.226 e. The van der Waals surface area contributed by atoms with Gasteiger partial charge in [-0.2, -0.15) is 0 Å². The van der Waals surface area contributed by atoms with Gasteiger partial charge in [0.05, 0.1) is 5.41 Å². The molecule has 0 aromatic heterocycles. The first kappa shape index (κ1) is 11.6. The Bertz CT molecular complexity index is 376. The second kappa shape index (κ2) is 3.65. The van der Waals surface area contributed by atoms with Crippen LogP contribution in [0.4, 0.5) is 0 Å². The van der Waals surface area contributed by atoms with Crippen molar-refractivity contribution in [2.45, 2.75) is 56.2 Å². The number of hydrogen-bond donors (Lipinski definition) is 1. The van der Waals surface area contributed by atoms with Gasteiger partial charge in [0.25, 0.3) is 0 Å². The highest BCUT2D eigenvalue weighted by atomic mass is 35.5. The zero-order valence-electron chi connectivity index (χ0n) is 10.9. The largest absolute Gasteiger partial charge is 0.355 e. The van der Waals surface area contributed by atoms with Crippen molar-refractivity contribution in [3.05, 3.63) is 0 Å². The summed E-state index contributed by atoms with van der Waals surface area (Å²) in [5, 5.41) is 3.22. The molecule has 18 heavy (non-hydrogen) atoms. The standard InChI is InChI=1S/C15H22ClNO/c16-15-6-11-3-12(7-15)5-14(4-11,9-15)13(18)17-8-10-1-2-10/h10-12H,1-9H2,(H,17,18)/t11-,12-,14?,15?/m1/s1. The van der Waals surface area contributed by atoms with E-state index in [0.717, 1.165) is 56.4 Å². The zero-order valence-corrected chi connectivity index (χ0v) is 11.6. The molecule has 0 radical (unpaired) electrons. The third kappa shape index (κ3) is 1.79. The molecule has 0 aromatic rings. The predicted octanol–water partition coefficient (Wildman–Crippen LogP) is 3.09. The van der Waals surface area contributed by atoms with Crippen LogP contribution in [0.3, 0.4) is 0 Å². The molecule has 5 aliphatic rings. The molecule has 3 heteroatoms. The van der Waals surface area contributed by atoms with Crippen LogP contribution in [0.1, 0.15) is 51.4 Å². The molecule has 0 heterocycles. The maximum atomic E-state index is 12.6. The molecule has 5 saturated carbocycles. The Balaban J connectivity index is 1.53. The van der Waals surface area contributed by atoms with Gasteiger partial charge in [0.1, 0.15) is 0 Å². The highest BCUT2D eigenvalue weighted by molar-refractivity contribution is 6.24. The van der Waals surface area contributed by atoms with Crippen molar-refractivity contribution in [2.75, 3.05) is 6.54 Å². The third-order valence-electron chi connectivity index (χ3n) is 5.72. The summed E-state index contributed by atoms with van der Waals surface area (Å²) < 4.78 is 0. The predicted molar refractivity (Wildman–Crippen MR) is 71.4 cm³/mol. The van der Waals surface area contributed by atoms with Crippen molar-refractivity contribution in [2.24, 2.45) is 23.2 Å². The van der Waals surface area contributed by atoms with E-state index in [2.05, 4.69) is 5.32 Å². The van der Waals surface area contributed by atoms with E-state index in [4.69, 9.17) is 11.6 Å². The number of alkyl halides is 1. The van der Waals surface area contributed by atoms with Crippen LogP contribution in [-0.4, -0.2) is 17.3 Å². The van der Waals surface area contributed by atoms with Crippen LogP contribution in [0.15, 0.2) is 0 Å². The molecule has 1 amide bonds. The SMILES string of the molecule is O=C(NCC1CC1)C12C[C@H]3C[C@@H](CC(Cl)(C3)C1)C2. The van der Waals surface area contributed by atoms with Crippen molar-refractivity contribution in [1.82, 2.24) is 5.32 Å². The summed E-state index contributed by atoms with van der Waals surface area (Å²) in [6.07, 6.45) is 9.39. The van der Waals surface area contributed by atoms with Gasteiger partial charge in [0.2, 0.25) is 5.91 Å². The summed E-state index contributed by atoms with van der Waals surface area (Å²) in [5.41, 5.74) is -0.0965. The number of carbonyl (C=O) groups is 1. The first-order valence-corrected chi connectivity index (χ1v) is 7.92. The number of carbonyl (C=O) groups excluding carboxylic acids is 1. The van der Waals surface area contributed by atoms with E-state index in [1.165, 1.54) is 19.3 Å².